The van der Waals surface area contributed by atoms with Crippen LogP contribution in [0.4, 0.5) is 0 Å². The van der Waals surface area contributed by atoms with Crippen LogP contribution in [0.25, 0.3) is 0 Å². The van der Waals surface area contributed by atoms with Crippen molar-refractivity contribution >= 4 is 5.91 Å². The van der Waals surface area contributed by atoms with E-state index in [1.807, 2.05) is 0 Å². The van der Waals surface area contributed by atoms with Crippen molar-refractivity contribution in [3.8, 4) is 0 Å². The van der Waals surface area contributed by atoms with Gasteiger partial charge in [0.1, 0.15) is 0 Å². The highest BCUT2D eigenvalue weighted by Crippen LogP contribution is 2.23. The highest BCUT2D eigenvalue weighted by atomic mass is 16.3. The van der Waals surface area contributed by atoms with Crippen molar-refractivity contribution in [2.75, 3.05) is 13.1 Å². The lowest BCUT2D eigenvalue weighted by Crippen LogP contribution is -2.33. The van der Waals surface area contributed by atoms with Gasteiger partial charge in [-0.2, -0.15) is 0 Å². The third kappa shape index (κ3) is 4.07. The van der Waals surface area contributed by atoms with Crippen molar-refractivity contribution in [3.05, 3.63) is 0 Å². The fraction of sp³-hybridized carbons (Fsp3) is 0.900. The van der Waals surface area contributed by atoms with Gasteiger partial charge in [0.2, 0.25) is 5.91 Å². The third-order valence-corrected chi connectivity index (χ3v) is 2.71. The minimum absolute atomic E-state index is 0.0209. The average molecular weight is 200 g/mol. The highest BCUT2D eigenvalue weighted by molar-refractivity contribution is 5.75. The standard InChI is InChI=1S/C10H20N2O2/c11-5-4-10(14)12-7-8-2-1-3-9(13)6-8/h8-9,13H,1-7,11H2,(H,12,14). The maximum atomic E-state index is 11.1. The minimum Gasteiger partial charge on any atom is -0.393 e. The van der Waals surface area contributed by atoms with Gasteiger partial charge in [-0.05, 0) is 25.2 Å². The molecule has 0 heterocycles. The number of nitrogens with one attached hydrogen (secondary N) is 1. The summed E-state index contributed by atoms with van der Waals surface area (Å²) in [5.74, 6) is 0.466. The van der Waals surface area contributed by atoms with Gasteiger partial charge in [-0.3, -0.25) is 4.79 Å². The Morgan fingerprint density at radius 2 is 2.29 bits per heavy atom. The second-order valence-corrected chi connectivity index (χ2v) is 4.03. The van der Waals surface area contributed by atoms with E-state index in [9.17, 15) is 9.90 Å². The number of aliphatic hydroxyl groups is 1. The Kier molecular flexibility index (Phi) is 4.90. The van der Waals surface area contributed by atoms with Crippen LogP contribution in [0.2, 0.25) is 0 Å². The van der Waals surface area contributed by atoms with Crippen molar-refractivity contribution in [1.29, 1.82) is 0 Å². The average Bonchev–Trinajstić information content (AvgIpc) is 2.15. The van der Waals surface area contributed by atoms with Gasteiger partial charge in [0, 0.05) is 19.5 Å². The zero-order valence-corrected chi connectivity index (χ0v) is 8.54. The monoisotopic (exact) mass is 200 g/mol. The number of nitrogens with two attached hydrogens (primary N) is 1. The molecular weight excluding hydrogens is 180 g/mol. The molecule has 0 saturated heterocycles. The van der Waals surface area contributed by atoms with E-state index in [2.05, 4.69) is 5.32 Å². The molecule has 0 spiro atoms. The molecule has 0 aromatic carbocycles. The summed E-state index contributed by atoms with van der Waals surface area (Å²) in [6.45, 7) is 1.09. The normalized spacial score (nSPS) is 27.3. The molecule has 0 aliphatic heterocycles. The first-order chi connectivity index (χ1) is 6.72. The van der Waals surface area contributed by atoms with Crippen molar-refractivity contribution in [1.82, 2.24) is 5.32 Å². The van der Waals surface area contributed by atoms with Crippen LogP contribution in [0.5, 0.6) is 0 Å². The predicted octanol–water partition coefficient (Wildman–Crippen LogP) is 0.00250. The van der Waals surface area contributed by atoms with Crippen LogP contribution in [0.1, 0.15) is 32.1 Å². The topological polar surface area (TPSA) is 75.4 Å². The lowest BCUT2D eigenvalue weighted by Gasteiger charge is -2.25. The number of carbonyl (C=O) groups excluding carboxylic acids is 1. The molecule has 1 saturated carbocycles. The number of amides is 1. The molecule has 14 heavy (non-hydrogen) atoms. The Morgan fingerprint density at radius 1 is 1.50 bits per heavy atom. The van der Waals surface area contributed by atoms with E-state index in [-0.39, 0.29) is 12.0 Å². The van der Waals surface area contributed by atoms with Crippen LogP contribution in [-0.2, 0) is 4.79 Å². The Balaban J connectivity index is 2.14. The van der Waals surface area contributed by atoms with Crippen molar-refractivity contribution < 1.29 is 9.90 Å². The van der Waals surface area contributed by atoms with Gasteiger partial charge in [0.05, 0.1) is 6.10 Å². The quantitative estimate of drug-likeness (QED) is 0.598. The molecule has 1 rings (SSSR count). The van der Waals surface area contributed by atoms with E-state index in [1.165, 1.54) is 0 Å². The first-order valence-electron chi connectivity index (χ1n) is 5.37. The van der Waals surface area contributed by atoms with Crippen molar-refractivity contribution in [2.45, 2.75) is 38.2 Å². The van der Waals surface area contributed by atoms with Gasteiger partial charge < -0.3 is 16.2 Å². The molecule has 0 radical (unpaired) electrons. The van der Waals surface area contributed by atoms with Gasteiger partial charge in [0.15, 0.2) is 0 Å². The number of carbonyl (C=O) groups is 1. The van der Waals surface area contributed by atoms with Crippen molar-refractivity contribution in [2.24, 2.45) is 11.7 Å². The highest BCUT2D eigenvalue weighted by Gasteiger charge is 2.20. The van der Waals surface area contributed by atoms with Gasteiger partial charge in [0.25, 0.3) is 0 Å². The van der Waals surface area contributed by atoms with Gasteiger partial charge in [-0.1, -0.05) is 6.42 Å². The molecule has 82 valence electrons. The Bertz CT molecular complexity index is 185. The van der Waals surface area contributed by atoms with Crippen LogP contribution in [-0.4, -0.2) is 30.2 Å². The van der Waals surface area contributed by atoms with Crippen LogP contribution < -0.4 is 11.1 Å². The van der Waals surface area contributed by atoms with Crippen LogP contribution in [0.3, 0.4) is 0 Å². The summed E-state index contributed by atoms with van der Waals surface area (Å²) < 4.78 is 0. The van der Waals surface area contributed by atoms with Crippen LogP contribution in [0, 0.1) is 5.92 Å². The zero-order chi connectivity index (χ0) is 10.4. The molecule has 2 unspecified atom stereocenters. The fourth-order valence-corrected chi connectivity index (χ4v) is 1.93. The summed E-state index contributed by atoms with van der Waals surface area (Å²) >= 11 is 0. The first kappa shape index (κ1) is 11.5. The molecule has 2 atom stereocenters. The molecule has 1 aliphatic rings. The summed E-state index contributed by atoms with van der Waals surface area (Å²) in [5.41, 5.74) is 5.26. The number of hydrogen-bond acceptors (Lipinski definition) is 3. The van der Waals surface area contributed by atoms with Gasteiger partial charge in [-0.15, -0.1) is 0 Å². The third-order valence-electron chi connectivity index (χ3n) is 2.71. The molecule has 4 heteroatoms. The van der Waals surface area contributed by atoms with Gasteiger partial charge in [-0.25, -0.2) is 0 Å². The summed E-state index contributed by atoms with van der Waals surface area (Å²) in [6, 6.07) is 0. The summed E-state index contributed by atoms with van der Waals surface area (Å²) in [4.78, 5) is 11.1. The summed E-state index contributed by atoms with van der Waals surface area (Å²) in [6.07, 6.45) is 4.14. The molecule has 4 N–H and O–H groups in total. The van der Waals surface area contributed by atoms with E-state index in [1.54, 1.807) is 0 Å². The van der Waals surface area contributed by atoms with Crippen LogP contribution >= 0.6 is 0 Å². The largest absolute Gasteiger partial charge is 0.393 e. The van der Waals surface area contributed by atoms with Crippen LogP contribution in [0.15, 0.2) is 0 Å². The predicted molar refractivity (Wildman–Crippen MR) is 54.6 cm³/mol. The smallest absolute Gasteiger partial charge is 0.221 e. The molecule has 1 fully saturated rings. The molecule has 0 aromatic heterocycles. The first-order valence-corrected chi connectivity index (χ1v) is 5.37. The van der Waals surface area contributed by atoms with Crippen molar-refractivity contribution in [3.63, 3.8) is 0 Å². The maximum Gasteiger partial charge on any atom is 0.221 e. The molecule has 1 amide bonds. The number of hydrogen-bond donors (Lipinski definition) is 3. The second kappa shape index (κ2) is 5.98. The van der Waals surface area contributed by atoms with E-state index < -0.39 is 0 Å². The van der Waals surface area contributed by atoms with E-state index in [0.717, 1.165) is 25.7 Å². The van der Waals surface area contributed by atoms with E-state index >= 15 is 0 Å². The SMILES string of the molecule is NCCC(=O)NCC1CCCC(O)C1. The van der Waals surface area contributed by atoms with E-state index in [4.69, 9.17) is 5.73 Å². The fourth-order valence-electron chi connectivity index (χ4n) is 1.93. The molecule has 0 bridgehead atoms. The maximum absolute atomic E-state index is 11.1. The Hall–Kier alpha value is -0.610. The van der Waals surface area contributed by atoms with Gasteiger partial charge >= 0.3 is 0 Å². The minimum atomic E-state index is -0.167. The molecule has 0 aromatic rings. The molecule has 4 nitrogen and oxygen atoms in total. The summed E-state index contributed by atoms with van der Waals surface area (Å²) in [5, 5.41) is 12.3. The zero-order valence-electron chi connectivity index (χ0n) is 8.54. The number of aliphatic hydroxyl groups excluding tert-OH is 1. The Labute approximate surface area is 84.9 Å². The lowest BCUT2D eigenvalue weighted by molar-refractivity contribution is -0.121. The lowest BCUT2D eigenvalue weighted by atomic mass is 9.87. The van der Waals surface area contributed by atoms with E-state index in [0.29, 0.717) is 25.4 Å². The Morgan fingerprint density at radius 3 is 2.93 bits per heavy atom. The molecular formula is C10H20N2O2. The molecule has 1 aliphatic carbocycles. The second-order valence-electron chi connectivity index (χ2n) is 4.03. The number of rotatable bonds is 4. The summed E-state index contributed by atoms with van der Waals surface area (Å²) in [7, 11) is 0.